The first-order chi connectivity index (χ1) is 17.4. The maximum absolute atomic E-state index is 12.0. The van der Waals surface area contributed by atoms with Gasteiger partial charge in [0.05, 0.1) is 25.4 Å². The summed E-state index contributed by atoms with van der Waals surface area (Å²) in [5.74, 6) is 1.50. The van der Waals surface area contributed by atoms with Gasteiger partial charge in [0.1, 0.15) is 5.75 Å². The van der Waals surface area contributed by atoms with Crippen LogP contribution in [0.3, 0.4) is 0 Å². The maximum atomic E-state index is 12.0. The molecule has 0 radical (unpaired) electrons. The summed E-state index contributed by atoms with van der Waals surface area (Å²) >= 11 is 0. The Morgan fingerprint density at radius 2 is 1.50 bits per heavy atom. The highest BCUT2D eigenvalue weighted by molar-refractivity contribution is 5.91. The molecule has 0 bridgehead atoms. The number of carbonyl (C=O) groups excluding carboxylic acids is 2. The van der Waals surface area contributed by atoms with Gasteiger partial charge in [0.2, 0.25) is 0 Å². The smallest absolute Gasteiger partial charge is 0.338 e. The number of benzene rings is 2. The number of rotatable bonds is 12. The van der Waals surface area contributed by atoms with E-state index in [1.807, 2.05) is 24.3 Å². The highest BCUT2D eigenvalue weighted by Crippen LogP contribution is 2.31. The first kappa shape index (κ1) is 27.1. The van der Waals surface area contributed by atoms with E-state index >= 15 is 0 Å². The first-order valence-electron chi connectivity index (χ1n) is 12.8. The molecule has 0 unspecified atom stereocenters. The summed E-state index contributed by atoms with van der Waals surface area (Å²) in [5.41, 5.74) is 13.4. The second kappa shape index (κ2) is 14.2. The van der Waals surface area contributed by atoms with Crippen molar-refractivity contribution < 1.29 is 23.8 Å². The van der Waals surface area contributed by atoms with E-state index in [1.54, 1.807) is 12.1 Å². The molecule has 0 heterocycles. The van der Waals surface area contributed by atoms with Crippen molar-refractivity contribution in [1.29, 1.82) is 0 Å². The van der Waals surface area contributed by atoms with E-state index in [9.17, 15) is 9.59 Å². The van der Waals surface area contributed by atoms with E-state index in [2.05, 4.69) is 6.92 Å². The van der Waals surface area contributed by atoms with E-state index in [0.29, 0.717) is 35.7 Å². The van der Waals surface area contributed by atoms with Crippen molar-refractivity contribution in [3.8, 4) is 5.75 Å². The number of ether oxygens (including phenoxy) is 3. The Kier molecular flexibility index (Phi) is 10.7. The third-order valence-corrected chi connectivity index (χ3v) is 6.55. The Bertz CT molecular complexity index is 991. The fourth-order valence-electron chi connectivity index (χ4n) is 4.33. The van der Waals surface area contributed by atoms with E-state index in [-0.39, 0.29) is 13.2 Å². The van der Waals surface area contributed by atoms with E-state index in [4.69, 9.17) is 25.7 Å². The first-order valence-corrected chi connectivity index (χ1v) is 12.8. The predicted octanol–water partition coefficient (Wildman–Crippen LogP) is 5.64. The lowest BCUT2D eigenvalue weighted by Gasteiger charge is -2.27. The van der Waals surface area contributed by atoms with Crippen LogP contribution in [0.5, 0.6) is 5.75 Å². The zero-order chi connectivity index (χ0) is 25.8. The van der Waals surface area contributed by atoms with Gasteiger partial charge in [0.25, 0.3) is 0 Å². The van der Waals surface area contributed by atoms with Crippen molar-refractivity contribution in [3.63, 3.8) is 0 Å². The largest absolute Gasteiger partial charge is 0.493 e. The molecule has 2 aromatic carbocycles. The van der Waals surface area contributed by atoms with Gasteiger partial charge in [-0.05, 0) is 79.5 Å². The van der Waals surface area contributed by atoms with Gasteiger partial charge < -0.3 is 25.7 Å². The Hall–Kier alpha value is -3.48. The number of nitrogens with two attached hydrogens (primary N) is 2. The van der Waals surface area contributed by atoms with E-state index in [0.717, 1.165) is 23.8 Å². The number of carbonyl (C=O) groups is 2. The summed E-state index contributed by atoms with van der Waals surface area (Å²) in [5, 5.41) is 0. The topological polar surface area (TPSA) is 114 Å². The number of hydrogen-bond acceptors (Lipinski definition) is 7. The second-order valence-electron chi connectivity index (χ2n) is 9.41. The Morgan fingerprint density at radius 1 is 0.889 bits per heavy atom. The SMILES string of the molecule is CCC1CCC(COc2ccc(C=CC(=O)OCCCCOC(=O)c3cc(N)cc(N)c3)cc2)CC1. The van der Waals surface area contributed by atoms with Crippen LogP contribution in [0.1, 0.15) is 67.8 Å². The monoisotopic (exact) mass is 494 g/mol. The van der Waals surface area contributed by atoms with Gasteiger partial charge in [-0.15, -0.1) is 0 Å². The van der Waals surface area contributed by atoms with Crippen molar-refractivity contribution in [2.75, 3.05) is 31.3 Å². The summed E-state index contributed by atoms with van der Waals surface area (Å²) < 4.78 is 16.4. The molecule has 0 aromatic heterocycles. The lowest BCUT2D eigenvalue weighted by atomic mass is 9.81. The molecule has 4 N–H and O–H groups in total. The van der Waals surface area contributed by atoms with Crippen LogP contribution in [0.25, 0.3) is 6.08 Å². The lowest BCUT2D eigenvalue weighted by molar-refractivity contribution is -0.137. The Balaban J connectivity index is 1.27. The van der Waals surface area contributed by atoms with Gasteiger partial charge in [-0.1, -0.05) is 38.3 Å². The van der Waals surface area contributed by atoms with Crippen LogP contribution in [0.4, 0.5) is 11.4 Å². The minimum Gasteiger partial charge on any atom is -0.493 e. The minimum absolute atomic E-state index is 0.218. The molecule has 1 saturated carbocycles. The molecular weight excluding hydrogens is 456 g/mol. The van der Waals surface area contributed by atoms with E-state index in [1.165, 1.54) is 50.3 Å². The van der Waals surface area contributed by atoms with Gasteiger partial charge in [-0.3, -0.25) is 0 Å². The van der Waals surface area contributed by atoms with Gasteiger partial charge in [0, 0.05) is 17.5 Å². The van der Waals surface area contributed by atoms with Crippen LogP contribution in [0, 0.1) is 11.8 Å². The summed E-state index contributed by atoms with van der Waals surface area (Å²) in [4.78, 5) is 24.0. The molecule has 36 heavy (non-hydrogen) atoms. The third kappa shape index (κ3) is 9.29. The van der Waals surface area contributed by atoms with Crippen molar-refractivity contribution in [2.45, 2.75) is 51.9 Å². The van der Waals surface area contributed by atoms with Crippen molar-refractivity contribution in [3.05, 3.63) is 59.7 Å². The normalized spacial score (nSPS) is 17.6. The molecule has 7 nitrogen and oxygen atoms in total. The van der Waals surface area contributed by atoms with Crippen molar-refractivity contribution in [1.82, 2.24) is 0 Å². The average Bonchev–Trinajstić information content (AvgIpc) is 2.88. The van der Waals surface area contributed by atoms with Crippen LogP contribution < -0.4 is 16.2 Å². The minimum atomic E-state index is -0.482. The average molecular weight is 495 g/mol. The summed E-state index contributed by atoms with van der Waals surface area (Å²) in [6.07, 6.45) is 10.7. The molecule has 0 spiro atoms. The number of unbranched alkanes of at least 4 members (excludes halogenated alkanes) is 1. The number of nitrogen functional groups attached to an aromatic ring is 2. The van der Waals surface area contributed by atoms with Gasteiger partial charge >= 0.3 is 11.9 Å². The van der Waals surface area contributed by atoms with Gasteiger partial charge in [-0.2, -0.15) is 0 Å². The van der Waals surface area contributed by atoms with Gasteiger partial charge in [0.15, 0.2) is 0 Å². The van der Waals surface area contributed by atoms with Crippen LogP contribution in [-0.2, 0) is 14.3 Å². The highest BCUT2D eigenvalue weighted by atomic mass is 16.5. The quantitative estimate of drug-likeness (QED) is 0.170. The van der Waals surface area contributed by atoms with Crippen LogP contribution in [0.2, 0.25) is 0 Å². The highest BCUT2D eigenvalue weighted by Gasteiger charge is 2.20. The van der Waals surface area contributed by atoms with Crippen LogP contribution in [-0.4, -0.2) is 31.8 Å². The standard InChI is InChI=1S/C29H38N2O5/c1-2-21-5-7-23(8-6-21)20-36-27-12-9-22(10-13-27)11-14-28(32)34-15-3-4-16-35-29(33)24-17-25(30)19-26(31)18-24/h9-14,17-19,21,23H,2-8,15-16,20,30-31H2,1H3. The molecule has 0 amide bonds. The van der Waals surface area contributed by atoms with Crippen molar-refractivity contribution >= 4 is 29.4 Å². The molecule has 1 aliphatic carbocycles. The van der Waals surface area contributed by atoms with Crippen molar-refractivity contribution in [2.24, 2.45) is 11.8 Å². The molecule has 3 rings (SSSR count). The number of anilines is 2. The molecule has 7 heteroatoms. The predicted molar refractivity (Wildman–Crippen MR) is 142 cm³/mol. The maximum Gasteiger partial charge on any atom is 0.338 e. The second-order valence-corrected chi connectivity index (χ2v) is 9.41. The molecule has 0 saturated heterocycles. The summed E-state index contributed by atoms with van der Waals surface area (Å²) in [7, 11) is 0. The molecule has 1 fully saturated rings. The zero-order valence-electron chi connectivity index (χ0n) is 21.1. The van der Waals surface area contributed by atoms with E-state index < -0.39 is 11.9 Å². The zero-order valence-corrected chi connectivity index (χ0v) is 21.1. The van der Waals surface area contributed by atoms with Crippen LogP contribution >= 0.6 is 0 Å². The Morgan fingerprint density at radius 3 is 2.14 bits per heavy atom. The molecule has 194 valence electrons. The fraction of sp³-hybridized carbons (Fsp3) is 0.448. The fourth-order valence-corrected chi connectivity index (χ4v) is 4.33. The molecule has 1 aliphatic rings. The lowest BCUT2D eigenvalue weighted by Crippen LogP contribution is -2.19. The Labute approximate surface area is 213 Å². The molecular formula is C29H38N2O5. The third-order valence-electron chi connectivity index (χ3n) is 6.55. The molecule has 2 aromatic rings. The molecule has 0 aliphatic heterocycles. The molecule has 0 atom stereocenters. The van der Waals surface area contributed by atoms with Crippen LogP contribution in [0.15, 0.2) is 48.5 Å². The summed E-state index contributed by atoms with van der Waals surface area (Å²) in [6.45, 7) is 3.52. The van der Waals surface area contributed by atoms with Gasteiger partial charge in [-0.25, -0.2) is 9.59 Å². The number of esters is 2. The summed E-state index contributed by atoms with van der Waals surface area (Å²) in [6, 6.07) is 12.3. The number of hydrogen-bond donors (Lipinski definition) is 2.